The first kappa shape index (κ1) is 17.5. The fourth-order valence-electron chi connectivity index (χ4n) is 2.87. The van der Waals surface area contributed by atoms with Crippen molar-refractivity contribution >= 4 is 15.7 Å². The van der Waals surface area contributed by atoms with Crippen molar-refractivity contribution in [3.8, 4) is 0 Å². The normalized spacial score (nSPS) is 17.8. The van der Waals surface area contributed by atoms with Crippen molar-refractivity contribution in [1.82, 2.24) is 15.1 Å². The van der Waals surface area contributed by atoms with Crippen LogP contribution in [0, 0.1) is 5.82 Å². The van der Waals surface area contributed by atoms with E-state index in [4.69, 9.17) is 4.42 Å². The predicted molar refractivity (Wildman–Crippen MR) is 85.6 cm³/mol. The van der Waals surface area contributed by atoms with Crippen molar-refractivity contribution in [1.29, 1.82) is 0 Å². The number of hydrogen-bond acceptors (Lipinski definition) is 6. The molecular weight excluding hydrogens is 349 g/mol. The first-order valence-electron chi connectivity index (χ1n) is 8.01. The Labute approximate surface area is 144 Å². The third kappa shape index (κ3) is 3.71. The van der Waals surface area contributed by atoms with Crippen LogP contribution >= 0.6 is 0 Å². The molecule has 0 aliphatic carbocycles. The van der Waals surface area contributed by atoms with E-state index in [0.717, 1.165) is 6.42 Å². The van der Waals surface area contributed by atoms with Crippen LogP contribution in [-0.4, -0.2) is 36.0 Å². The molecule has 2 aromatic rings. The van der Waals surface area contributed by atoms with Gasteiger partial charge in [-0.25, -0.2) is 12.8 Å². The van der Waals surface area contributed by atoms with Crippen molar-refractivity contribution in [2.45, 2.75) is 43.2 Å². The molecule has 1 aromatic heterocycles. The maximum Gasteiger partial charge on any atom is 0.335 e. The fraction of sp³-hybridized carbons (Fsp3) is 0.438. The summed E-state index contributed by atoms with van der Waals surface area (Å²) in [7, 11) is -3.84. The van der Waals surface area contributed by atoms with Crippen LogP contribution in [0.2, 0.25) is 0 Å². The van der Waals surface area contributed by atoms with Gasteiger partial charge in [-0.05, 0) is 30.5 Å². The molecule has 9 heteroatoms. The van der Waals surface area contributed by atoms with E-state index in [-0.39, 0.29) is 23.6 Å². The van der Waals surface area contributed by atoms with E-state index in [1.165, 1.54) is 24.3 Å². The molecule has 1 aromatic carbocycles. The van der Waals surface area contributed by atoms with Crippen molar-refractivity contribution in [2.75, 3.05) is 6.54 Å². The third-order valence-corrected chi connectivity index (χ3v) is 5.53. The highest BCUT2D eigenvalue weighted by Crippen LogP contribution is 2.32. The molecule has 1 aliphatic heterocycles. The molecule has 134 valence electrons. The number of amides is 1. The Morgan fingerprint density at radius 3 is 2.72 bits per heavy atom. The standard InChI is InChI=1S/C16H18FN3O4S/c1-2-14(21)20-9-3-4-13(20)15-18-19-16(24-15)25(22,23)10-11-5-7-12(17)8-6-11/h5-8,13H,2-4,9-10H2,1H3/t13-/m0/s1. The summed E-state index contributed by atoms with van der Waals surface area (Å²) in [6.07, 6.45) is 1.82. The lowest BCUT2D eigenvalue weighted by Crippen LogP contribution is -2.29. The minimum Gasteiger partial charge on any atom is -0.410 e. The minimum atomic E-state index is -3.84. The van der Waals surface area contributed by atoms with Crippen LogP contribution in [0.4, 0.5) is 4.39 Å². The van der Waals surface area contributed by atoms with Gasteiger partial charge in [0, 0.05) is 13.0 Å². The van der Waals surface area contributed by atoms with Crippen LogP contribution in [0.3, 0.4) is 0 Å². The smallest absolute Gasteiger partial charge is 0.335 e. The SMILES string of the molecule is CCC(=O)N1CCC[C@H]1c1nnc(S(=O)(=O)Cc2ccc(F)cc2)o1. The number of sulfone groups is 1. The Bertz CT molecular complexity index is 864. The zero-order chi connectivity index (χ0) is 18.0. The van der Waals surface area contributed by atoms with Crippen LogP contribution in [0.1, 0.15) is 43.7 Å². The summed E-state index contributed by atoms with van der Waals surface area (Å²) in [5.74, 6) is -0.700. The van der Waals surface area contributed by atoms with Gasteiger partial charge in [0.15, 0.2) is 0 Å². The molecule has 0 spiro atoms. The van der Waals surface area contributed by atoms with Gasteiger partial charge in [0.25, 0.3) is 0 Å². The van der Waals surface area contributed by atoms with Gasteiger partial charge >= 0.3 is 5.22 Å². The van der Waals surface area contributed by atoms with E-state index in [1.807, 2.05) is 0 Å². The largest absolute Gasteiger partial charge is 0.410 e. The lowest BCUT2D eigenvalue weighted by Gasteiger charge is -2.21. The Morgan fingerprint density at radius 1 is 1.32 bits per heavy atom. The summed E-state index contributed by atoms with van der Waals surface area (Å²) >= 11 is 0. The lowest BCUT2D eigenvalue weighted by atomic mass is 10.2. The second-order valence-electron chi connectivity index (χ2n) is 5.89. The minimum absolute atomic E-state index is 0.0311. The highest BCUT2D eigenvalue weighted by Gasteiger charge is 2.34. The molecule has 0 radical (unpaired) electrons. The van der Waals surface area contributed by atoms with Crippen molar-refractivity contribution in [3.05, 3.63) is 41.5 Å². The van der Waals surface area contributed by atoms with Gasteiger partial charge in [0.05, 0.1) is 5.75 Å². The number of aromatic nitrogens is 2. The molecule has 1 aliphatic rings. The number of halogens is 1. The Morgan fingerprint density at radius 2 is 2.04 bits per heavy atom. The van der Waals surface area contributed by atoms with Crippen molar-refractivity contribution in [2.24, 2.45) is 0 Å². The Hall–Kier alpha value is -2.29. The number of hydrogen-bond donors (Lipinski definition) is 0. The summed E-state index contributed by atoms with van der Waals surface area (Å²) < 4.78 is 43.1. The van der Waals surface area contributed by atoms with Crippen LogP contribution in [0.15, 0.2) is 33.9 Å². The van der Waals surface area contributed by atoms with E-state index >= 15 is 0 Å². The fourth-order valence-corrected chi connectivity index (χ4v) is 4.00. The second-order valence-corrected chi connectivity index (χ2v) is 7.76. The molecule has 0 N–H and O–H groups in total. The van der Waals surface area contributed by atoms with E-state index < -0.39 is 20.9 Å². The monoisotopic (exact) mass is 367 g/mol. The predicted octanol–water partition coefficient (Wildman–Crippen LogP) is 2.26. The number of likely N-dealkylation sites (tertiary alicyclic amines) is 1. The average molecular weight is 367 g/mol. The van der Waals surface area contributed by atoms with Gasteiger partial charge in [-0.2, -0.15) is 0 Å². The number of rotatable bonds is 5. The zero-order valence-corrected chi connectivity index (χ0v) is 14.5. The molecule has 25 heavy (non-hydrogen) atoms. The van der Waals surface area contributed by atoms with Crippen molar-refractivity contribution in [3.63, 3.8) is 0 Å². The molecule has 1 amide bonds. The lowest BCUT2D eigenvalue weighted by molar-refractivity contribution is -0.132. The molecular formula is C16H18FN3O4S. The molecule has 1 saturated heterocycles. The first-order chi connectivity index (χ1) is 11.9. The van der Waals surface area contributed by atoms with Crippen molar-refractivity contribution < 1.29 is 22.0 Å². The number of nitrogens with zero attached hydrogens (tertiary/aromatic N) is 3. The van der Waals surface area contributed by atoms with Crippen LogP contribution in [0.5, 0.6) is 0 Å². The Kier molecular flexibility index (Phi) is 4.85. The molecule has 1 fully saturated rings. The first-order valence-corrected chi connectivity index (χ1v) is 9.66. The second kappa shape index (κ2) is 6.91. The molecule has 3 rings (SSSR count). The summed E-state index contributed by atoms with van der Waals surface area (Å²) in [5.41, 5.74) is 0.421. The summed E-state index contributed by atoms with van der Waals surface area (Å²) in [6, 6.07) is 4.79. The highest BCUT2D eigenvalue weighted by atomic mass is 32.2. The van der Waals surface area contributed by atoms with E-state index in [9.17, 15) is 17.6 Å². The molecule has 7 nitrogen and oxygen atoms in total. The quantitative estimate of drug-likeness (QED) is 0.805. The third-order valence-electron chi connectivity index (χ3n) is 4.12. The highest BCUT2D eigenvalue weighted by molar-refractivity contribution is 7.90. The van der Waals surface area contributed by atoms with Gasteiger partial charge in [-0.15, -0.1) is 5.10 Å². The number of carbonyl (C=O) groups is 1. The summed E-state index contributed by atoms with van der Waals surface area (Å²) in [4.78, 5) is 13.6. The van der Waals surface area contributed by atoms with Crippen LogP contribution in [0.25, 0.3) is 0 Å². The average Bonchev–Trinajstić information content (AvgIpc) is 3.25. The van der Waals surface area contributed by atoms with Gasteiger partial charge in [0.2, 0.25) is 21.6 Å². The maximum absolute atomic E-state index is 12.9. The van der Waals surface area contributed by atoms with E-state index in [2.05, 4.69) is 10.2 Å². The summed E-state index contributed by atoms with van der Waals surface area (Å²) in [6.45, 7) is 2.36. The molecule has 0 unspecified atom stereocenters. The van der Waals surface area contributed by atoms with Gasteiger partial charge in [0.1, 0.15) is 11.9 Å². The van der Waals surface area contributed by atoms with Gasteiger partial charge in [-0.1, -0.05) is 24.2 Å². The van der Waals surface area contributed by atoms with E-state index in [0.29, 0.717) is 24.9 Å². The molecule has 2 heterocycles. The maximum atomic E-state index is 12.9. The summed E-state index contributed by atoms with van der Waals surface area (Å²) in [5, 5.41) is 7.00. The van der Waals surface area contributed by atoms with E-state index in [1.54, 1.807) is 11.8 Å². The number of benzene rings is 1. The van der Waals surface area contributed by atoms with Gasteiger partial charge in [-0.3, -0.25) is 4.79 Å². The Balaban J connectivity index is 1.80. The molecule has 0 bridgehead atoms. The topological polar surface area (TPSA) is 93.4 Å². The van der Waals surface area contributed by atoms with Crippen LogP contribution < -0.4 is 0 Å². The van der Waals surface area contributed by atoms with Crippen LogP contribution in [-0.2, 0) is 20.4 Å². The number of carbonyl (C=O) groups excluding carboxylic acids is 1. The molecule has 1 atom stereocenters. The van der Waals surface area contributed by atoms with Gasteiger partial charge < -0.3 is 9.32 Å². The zero-order valence-electron chi connectivity index (χ0n) is 13.7. The molecule has 0 saturated carbocycles.